The van der Waals surface area contributed by atoms with Gasteiger partial charge in [-0.25, -0.2) is 0 Å². The first-order chi connectivity index (χ1) is 6.74. The summed E-state index contributed by atoms with van der Waals surface area (Å²) in [4.78, 5) is 0. The zero-order chi connectivity index (χ0) is 10.1. The molecule has 0 fully saturated rings. The van der Waals surface area contributed by atoms with Crippen LogP contribution in [0, 0.1) is 0 Å². The number of nitrogens with two attached hydrogens (primary N) is 1. The van der Waals surface area contributed by atoms with Gasteiger partial charge >= 0.3 is 0 Å². The van der Waals surface area contributed by atoms with Gasteiger partial charge in [-0.05, 0) is 48.4 Å². The van der Waals surface area contributed by atoms with E-state index in [0.29, 0.717) is 0 Å². The molecule has 0 aromatic heterocycles. The van der Waals surface area contributed by atoms with Crippen molar-refractivity contribution >= 4 is 11.3 Å². The summed E-state index contributed by atoms with van der Waals surface area (Å²) in [5, 5.41) is 0. The lowest BCUT2D eigenvalue weighted by molar-refractivity contribution is 0.811. The zero-order valence-corrected chi connectivity index (χ0v) is 8.77. The summed E-state index contributed by atoms with van der Waals surface area (Å²) in [6, 6.07) is 4.18. The Labute approximate surface area is 85.6 Å². The lowest BCUT2D eigenvalue weighted by atomic mass is 9.84. The van der Waals surface area contributed by atoms with Gasteiger partial charge in [-0.15, -0.1) is 0 Å². The van der Waals surface area contributed by atoms with Crippen LogP contribution < -0.4 is 5.73 Å². The highest BCUT2D eigenvalue weighted by Gasteiger charge is 2.17. The van der Waals surface area contributed by atoms with E-state index in [1.165, 1.54) is 35.1 Å². The first-order valence-corrected chi connectivity index (χ1v) is 5.32. The molecule has 0 saturated carbocycles. The second-order valence-corrected chi connectivity index (χ2v) is 3.98. The van der Waals surface area contributed by atoms with Crippen LogP contribution in [-0.4, -0.2) is 0 Å². The number of allylic oxidation sites excluding steroid dienone is 1. The Bertz CT molecular complexity index is 377. The van der Waals surface area contributed by atoms with E-state index in [-0.39, 0.29) is 0 Å². The molecule has 0 bridgehead atoms. The maximum Gasteiger partial charge on any atom is 0.0393 e. The molecule has 1 aliphatic rings. The summed E-state index contributed by atoms with van der Waals surface area (Å²) in [6.07, 6.45) is 4.59. The van der Waals surface area contributed by atoms with Crippen LogP contribution in [0.5, 0.6) is 0 Å². The van der Waals surface area contributed by atoms with Gasteiger partial charge in [0.05, 0.1) is 0 Å². The van der Waals surface area contributed by atoms with Crippen molar-refractivity contribution in [1.82, 2.24) is 0 Å². The number of rotatable bonds is 1. The van der Waals surface area contributed by atoms with Crippen molar-refractivity contribution in [2.24, 2.45) is 0 Å². The Kier molecular flexibility index (Phi) is 2.32. The fourth-order valence-electron chi connectivity index (χ4n) is 2.35. The molecule has 1 aromatic carbocycles. The van der Waals surface area contributed by atoms with Crippen molar-refractivity contribution in [1.29, 1.82) is 0 Å². The van der Waals surface area contributed by atoms with Crippen LogP contribution in [-0.2, 0) is 12.8 Å². The number of nitrogen functional groups attached to an aromatic ring is 1. The molecular formula is C13H17N. The van der Waals surface area contributed by atoms with Crippen LogP contribution >= 0.6 is 0 Å². The maximum atomic E-state index is 5.99. The molecule has 1 aromatic rings. The summed E-state index contributed by atoms with van der Waals surface area (Å²) in [5.74, 6) is 0. The third-order valence-electron chi connectivity index (χ3n) is 3.08. The smallest absolute Gasteiger partial charge is 0.0393 e. The van der Waals surface area contributed by atoms with Crippen molar-refractivity contribution in [2.45, 2.75) is 32.6 Å². The average Bonchev–Trinajstić information content (AvgIpc) is 2.18. The van der Waals surface area contributed by atoms with E-state index in [1.807, 2.05) is 6.07 Å². The van der Waals surface area contributed by atoms with Crippen LogP contribution in [0.4, 0.5) is 5.69 Å². The highest BCUT2D eigenvalue weighted by Crippen LogP contribution is 2.35. The highest BCUT2D eigenvalue weighted by molar-refractivity contribution is 5.78. The van der Waals surface area contributed by atoms with Crippen LogP contribution in [0.25, 0.3) is 5.57 Å². The number of anilines is 1. The molecular weight excluding hydrogens is 170 g/mol. The third-order valence-corrected chi connectivity index (χ3v) is 3.08. The lowest BCUT2D eigenvalue weighted by Crippen LogP contribution is -2.08. The predicted octanol–water partition coefficient (Wildman–Crippen LogP) is 3.18. The molecule has 1 heteroatoms. The first-order valence-electron chi connectivity index (χ1n) is 5.32. The normalized spacial score (nSPS) is 15.4. The van der Waals surface area contributed by atoms with Gasteiger partial charge in [-0.3, -0.25) is 0 Å². The van der Waals surface area contributed by atoms with Crippen molar-refractivity contribution in [3.63, 3.8) is 0 Å². The standard InChI is InChI=1S/C13H17N/c1-3-10-7-8-12(14)13-9(2)5-4-6-11(10)13/h7-8H,2-6,14H2,1H3. The molecule has 0 spiro atoms. The Morgan fingerprint density at radius 3 is 2.86 bits per heavy atom. The highest BCUT2D eigenvalue weighted by atomic mass is 14.6. The predicted molar refractivity (Wildman–Crippen MR) is 62.2 cm³/mol. The van der Waals surface area contributed by atoms with Gasteiger partial charge in [0.25, 0.3) is 0 Å². The molecule has 0 heterocycles. The molecule has 2 N–H and O–H groups in total. The summed E-state index contributed by atoms with van der Waals surface area (Å²) in [7, 11) is 0. The molecule has 0 saturated heterocycles. The molecule has 0 amide bonds. The van der Waals surface area contributed by atoms with Gasteiger partial charge < -0.3 is 5.73 Å². The Morgan fingerprint density at radius 2 is 2.14 bits per heavy atom. The molecule has 2 rings (SSSR count). The summed E-state index contributed by atoms with van der Waals surface area (Å²) in [6.45, 7) is 6.31. The molecule has 74 valence electrons. The van der Waals surface area contributed by atoms with E-state index in [1.54, 1.807) is 0 Å². The first kappa shape index (κ1) is 9.32. The second kappa shape index (κ2) is 3.49. The molecule has 14 heavy (non-hydrogen) atoms. The van der Waals surface area contributed by atoms with E-state index in [2.05, 4.69) is 19.6 Å². The molecule has 0 radical (unpaired) electrons. The number of fused-ring (bicyclic) bond motifs is 1. The molecule has 0 aliphatic heterocycles. The number of benzene rings is 1. The summed E-state index contributed by atoms with van der Waals surface area (Å²) < 4.78 is 0. The van der Waals surface area contributed by atoms with Gasteiger partial charge in [0, 0.05) is 11.3 Å². The molecule has 0 unspecified atom stereocenters. The van der Waals surface area contributed by atoms with Crippen molar-refractivity contribution in [2.75, 3.05) is 5.73 Å². The average molecular weight is 187 g/mol. The summed E-state index contributed by atoms with van der Waals surface area (Å²) in [5.41, 5.74) is 12.3. The van der Waals surface area contributed by atoms with Gasteiger partial charge in [-0.2, -0.15) is 0 Å². The van der Waals surface area contributed by atoms with E-state index in [0.717, 1.165) is 18.5 Å². The van der Waals surface area contributed by atoms with E-state index >= 15 is 0 Å². The van der Waals surface area contributed by atoms with Crippen LogP contribution in [0.15, 0.2) is 18.7 Å². The Morgan fingerprint density at radius 1 is 1.36 bits per heavy atom. The molecule has 1 nitrogen and oxygen atoms in total. The minimum Gasteiger partial charge on any atom is -0.398 e. The van der Waals surface area contributed by atoms with E-state index in [9.17, 15) is 0 Å². The largest absolute Gasteiger partial charge is 0.398 e. The van der Waals surface area contributed by atoms with Gasteiger partial charge in [0.1, 0.15) is 0 Å². The Balaban J connectivity index is 2.63. The number of hydrogen-bond donors (Lipinski definition) is 1. The number of hydrogen-bond acceptors (Lipinski definition) is 1. The van der Waals surface area contributed by atoms with Gasteiger partial charge in [0.15, 0.2) is 0 Å². The monoisotopic (exact) mass is 187 g/mol. The van der Waals surface area contributed by atoms with Crippen LogP contribution in [0.2, 0.25) is 0 Å². The van der Waals surface area contributed by atoms with Crippen molar-refractivity contribution < 1.29 is 0 Å². The van der Waals surface area contributed by atoms with E-state index < -0.39 is 0 Å². The number of aryl methyl sites for hydroxylation is 1. The lowest BCUT2D eigenvalue weighted by Gasteiger charge is -2.22. The second-order valence-electron chi connectivity index (χ2n) is 3.98. The third kappa shape index (κ3) is 1.33. The minimum atomic E-state index is 0.905. The van der Waals surface area contributed by atoms with E-state index in [4.69, 9.17) is 5.73 Å². The molecule has 0 atom stereocenters. The maximum absolute atomic E-state index is 5.99. The molecule has 1 aliphatic carbocycles. The SMILES string of the molecule is C=C1CCCc2c(CC)ccc(N)c21. The topological polar surface area (TPSA) is 26.0 Å². The van der Waals surface area contributed by atoms with Crippen molar-refractivity contribution in [3.05, 3.63) is 35.4 Å². The zero-order valence-electron chi connectivity index (χ0n) is 8.77. The minimum absolute atomic E-state index is 0.905. The fraction of sp³-hybridized carbons (Fsp3) is 0.385. The van der Waals surface area contributed by atoms with Crippen LogP contribution in [0.1, 0.15) is 36.5 Å². The van der Waals surface area contributed by atoms with Gasteiger partial charge in [-0.1, -0.05) is 19.6 Å². The Hall–Kier alpha value is -1.24. The summed E-state index contributed by atoms with van der Waals surface area (Å²) >= 11 is 0. The van der Waals surface area contributed by atoms with Gasteiger partial charge in [0.2, 0.25) is 0 Å². The quantitative estimate of drug-likeness (QED) is 0.671. The van der Waals surface area contributed by atoms with Crippen molar-refractivity contribution in [3.8, 4) is 0 Å². The fourth-order valence-corrected chi connectivity index (χ4v) is 2.35. The van der Waals surface area contributed by atoms with Crippen LogP contribution in [0.3, 0.4) is 0 Å².